The molecular formula is C29H35N5O4. The van der Waals surface area contributed by atoms with E-state index in [0.29, 0.717) is 37.7 Å². The van der Waals surface area contributed by atoms with Gasteiger partial charge in [0.2, 0.25) is 5.82 Å². The summed E-state index contributed by atoms with van der Waals surface area (Å²) in [4.78, 5) is 32.8. The van der Waals surface area contributed by atoms with Crippen LogP contribution in [0, 0.1) is 10.1 Å². The molecular weight excluding hydrogens is 482 g/mol. The highest BCUT2D eigenvalue weighted by Crippen LogP contribution is 2.36. The van der Waals surface area contributed by atoms with Crippen molar-refractivity contribution in [1.29, 1.82) is 0 Å². The van der Waals surface area contributed by atoms with Crippen LogP contribution in [0.3, 0.4) is 0 Å². The number of hydrogen-bond donors (Lipinski definition) is 1. The molecule has 38 heavy (non-hydrogen) atoms. The number of rotatable bonds is 8. The first kappa shape index (κ1) is 26.9. The predicted molar refractivity (Wildman–Crippen MR) is 148 cm³/mol. The number of aromatic nitrogens is 1. The molecule has 3 aromatic rings. The number of nitrogens with one attached hydrogen (secondary N) is 1. The number of nitrogens with zero attached hydrogens (tertiary/aromatic N) is 4. The third kappa shape index (κ3) is 7.21. The summed E-state index contributed by atoms with van der Waals surface area (Å²) >= 11 is 0. The van der Waals surface area contributed by atoms with Crippen LogP contribution in [0.2, 0.25) is 0 Å². The predicted octanol–water partition coefficient (Wildman–Crippen LogP) is 6.01. The monoisotopic (exact) mass is 517 g/mol. The highest BCUT2D eigenvalue weighted by molar-refractivity contribution is 5.74. The summed E-state index contributed by atoms with van der Waals surface area (Å²) in [6.07, 6.45) is 2.79. The fraction of sp³-hybridized carbons (Fsp3) is 0.379. The standard InChI is InChI=1S/C29H35N5O4/c1-29(2,3)38-28(35)32-18-10-15-24(21-32)31-25-16-17-30-27(26(25)34(36)37)33(19-22-11-6-4-7-12-22)20-23-13-8-5-9-14-23/h4-9,11-14,16-17,24H,10,15,18-21H2,1-3H3,(H,30,31). The molecule has 2 aromatic carbocycles. The molecule has 1 saturated heterocycles. The normalized spacial score (nSPS) is 15.6. The van der Waals surface area contributed by atoms with Crippen LogP contribution in [0.1, 0.15) is 44.7 Å². The summed E-state index contributed by atoms with van der Waals surface area (Å²) in [6, 6.07) is 21.2. The number of hydrogen-bond acceptors (Lipinski definition) is 7. The lowest BCUT2D eigenvalue weighted by atomic mass is 10.1. The molecule has 9 nitrogen and oxygen atoms in total. The molecule has 9 heteroatoms. The van der Waals surface area contributed by atoms with E-state index >= 15 is 0 Å². The maximum Gasteiger partial charge on any atom is 0.410 e. The number of benzene rings is 2. The van der Waals surface area contributed by atoms with Gasteiger partial charge in [-0.2, -0.15) is 0 Å². The zero-order valence-electron chi connectivity index (χ0n) is 22.2. The zero-order valence-corrected chi connectivity index (χ0v) is 22.2. The Hall–Kier alpha value is -4.14. The van der Waals surface area contributed by atoms with Crippen molar-refractivity contribution in [3.8, 4) is 0 Å². The van der Waals surface area contributed by atoms with Crippen molar-refractivity contribution in [2.24, 2.45) is 0 Å². The molecule has 1 N–H and O–H groups in total. The van der Waals surface area contributed by atoms with Gasteiger partial charge in [0.05, 0.1) is 4.92 Å². The zero-order chi connectivity index (χ0) is 27.1. The van der Waals surface area contributed by atoms with Crippen molar-refractivity contribution in [1.82, 2.24) is 9.88 Å². The number of anilines is 2. The molecule has 1 fully saturated rings. The number of piperidine rings is 1. The van der Waals surface area contributed by atoms with Crippen molar-refractivity contribution in [3.05, 3.63) is 94.2 Å². The highest BCUT2D eigenvalue weighted by Gasteiger charge is 2.31. The molecule has 0 radical (unpaired) electrons. The SMILES string of the molecule is CC(C)(C)OC(=O)N1CCCC(Nc2ccnc(N(Cc3ccccc3)Cc3ccccc3)c2[N+](=O)[O-])C1. The molecule has 2 heterocycles. The number of carbonyl (C=O) groups excluding carboxylic acids is 1. The van der Waals surface area contributed by atoms with Crippen LogP contribution in [-0.2, 0) is 17.8 Å². The minimum atomic E-state index is -0.586. The van der Waals surface area contributed by atoms with Crippen LogP contribution >= 0.6 is 0 Å². The second-order valence-electron chi connectivity index (χ2n) is 10.5. The highest BCUT2D eigenvalue weighted by atomic mass is 16.6. The fourth-order valence-electron chi connectivity index (χ4n) is 4.59. The number of carbonyl (C=O) groups is 1. The Morgan fingerprint density at radius 3 is 2.24 bits per heavy atom. The summed E-state index contributed by atoms with van der Waals surface area (Å²) in [6.45, 7) is 7.43. The molecule has 0 bridgehead atoms. The number of pyridine rings is 1. The molecule has 1 atom stereocenters. The molecule has 0 saturated carbocycles. The van der Waals surface area contributed by atoms with E-state index < -0.39 is 5.60 Å². The van der Waals surface area contributed by atoms with Gasteiger partial charge in [0.15, 0.2) is 0 Å². The largest absolute Gasteiger partial charge is 0.444 e. The van der Waals surface area contributed by atoms with E-state index in [2.05, 4.69) is 10.3 Å². The van der Waals surface area contributed by atoms with E-state index in [9.17, 15) is 14.9 Å². The van der Waals surface area contributed by atoms with Gasteiger partial charge < -0.3 is 19.9 Å². The van der Waals surface area contributed by atoms with Gasteiger partial charge in [-0.05, 0) is 50.8 Å². The molecule has 1 amide bonds. The quantitative estimate of drug-likeness (QED) is 0.288. The van der Waals surface area contributed by atoms with Crippen LogP contribution < -0.4 is 10.2 Å². The topological polar surface area (TPSA) is 101 Å². The van der Waals surface area contributed by atoms with Gasteiger partial charge in [-0.15, -0.1) is 0 Å². The van der Waals surface area contributed by atoms with Gasteiger partial charge in [-0.1, -0.05) is 60.7 Å². The van der Waals surface area contributed by atoms with Gasteiger partial charge in [-0.25, -0.2) is 9.78 Å². The maximum absolute atomic E-state index is 12.6. The van der Waals surface area contributed by atoms with E-state index in [4.69, 9.17) is 4.74 Å². The van der Waals surface area contributed by atoms with Gasteiger partial charge in [0.1, 0.15) is 11.3 Å². The van der Waals surface area contributed by atoms with E-state index in [0.717, 1.165) is 24.0 Å². The van der Waals surface area contributed by atoms with Crippen LogP contribution in [0.15, 0.2) is 72.9 Å². The lowest BCUT2D eigenvalue weighted by molar-refractivity contribution is -0.383. The van der Waals surface area contributed by atoms with E-state index in [1.165, 1.54) is 0 Å². The molecule has 1 aliphatic rings. The lowest BCUT2D eigenvalue weighted by Crippen LogP contribution is -2.47. The Labute approximate surface area is 223 Å². The molecule has 1 unspecified atom stereocenters. The third-order valence-electron chi connectivity index (χ3n) is 6.25. The number of ether oxygens (including phenoxy) is 1. The maximum atomic E-state index is 12.6. The van der Waals surface area contributed by atoms with Crippen LogP contribution in [0.4, 0.5) is 22.0 Å². The first-order chi connectivity index (χ1) is 18.2. The Bertz CT molecular complexity index is 1190. The average molecular weight is 518 g/mol. The van der Waals surface area contributed by atoms with E-state index in [1.807, 2.05) is 86.3 Å². The van der Waals surface area contributed by atoms with Crippen molar-refractivity contribution >= 4 is 23.3 Å². The second-order valence-corrected chi connectivity index (χ2v) is 10.5. The van der Waals surface area contributed by atoms with Crippen LogP contribution in [0.5, 0.6) is 0 Å². The van der Waals surface area contributed by atoms with E-state index in [-0.39, 0.29) is 22.7 Å². The van der Waals surface area contributed by atoms with Crippen LogP contribution in [0.25, 0.3) is 0 Å². The van der Waals surface area contributed by atoms with Gasteiger partial charge in [0.25, 0.3) is 0 Å². The van der Waals surface area contributed by atoms with Crippen molar-refractivity contribution in [2.75, 3.05) is 23.3 Å². The van der Waals surface area contributed by atoms with Gasteiger partial charge in [-0.3, -0.25) is 10.1 Å². The second kappa shape index (κ2) is 11.9. The lowest BCUT2D eigenvalue weighted by Gasteiger charge is -2.34. The van der Waals surface area contributed by atoms with Crippen LogP contribution in [-0.4, -0.2) is 45.6 Å². The number of likely N-dealkylation sites (tertiary alicyclic amines) is 1. The van der Waals surface area contributed by atoms with E-state index in [1.54, 1.807) is 17.2 Å². The Morgan fingerprint density at radius 2 is 1.68 bits per heavy atom. The Balaban J connectivity index is 1.61. The van der Waals surface area contributed by atoms with Crippen molar-refractivity contribution < 1.29 is 14.5 Å². The van der Waals surface area contributed by atoms with Gasteiger partial charge >= 0.3 is 11.8 Å². The average Bonchev–Trinajstić information content (AvgIpc) is 2.88. The van der Waals surface area contributed by atoms with Gasteiger partial charge in [0, 0.05) is 38.4 Å². The molecule has 4 rings (SSSR count). The minimum absolute atomic E-state index is 0.0752. The van der Waals surface area contributed by atoms with Crippen molar-refractivity contribution in [2.45, 2.75) is 58.3 Å². The first-order valence-corrected chi connectivity index (χ1v) is 12.9. The molecule has 0 spiro atoms. The molecule has 1 aromatic heterocycles. The summed E-state index contributed by atoms with van der Waals surface area (Å²) in [5, 5.41) is 15.8. The fourth-order valence-corrected chi connectivity index (χ4v) is 4.59. The number of amides is 1. The smallest absolute Gasteiger partial charge is 0.410 e. The molecule has 0 aliphatic carbocycles. The Kier molecular flexibility index (Phi) is 8.45. The Morgan fingerprint density at radius 1 is 1.08 bits per heavy atom. The molecule has 1 aliphatic heterocycles. The minimum Gasteiger partial charge on any atom is -0.444 e. The summed E-state index contributed by atoms with van der Waals surface area (Å²) in [5.74, 6) is 0.299. The summed E-state index contributed by atoms with van der Waals surface area (Å²) < 4.78 is 5.54. The van der Waals surface area contributed by atoms with Crippen molar-refractivity contribution in [3.63, 3.8) is 0 Å². The number of nitro groups is 1. The third-order valence-corrected chi connectivity index (χ3v) is 6.25. The first-order valence-electron chi connectivity index (χ1n) is 12.9. The summed E-state index contributed by atoms with van der Waals surface area (Å²) in [5.41, 5.74) is 1.78. The summed E-state index contributed by atoms with van der Waals surface area (Å²) in [7, 11) is 0. The molecule has 200 valence electrons.